The fourth-order valence-corrected chi connectivity index (χ4v) is 2.66. The van der Waals surface area contributed by atoms with Crippen molar-refractivity contribution in [2.75, 3.05) is 0 Å². The summed E-state index contributed by atoms with van der Waals surface area (Å²) in [4.78, 5) is 12.8. The van der Waals surface area contributed by atoms with Gasteiger partial charge < -0.3 is 0 Å². The van der Waals surface area contributed by atoms with Crippen molar-refractivity contribution in [3.8, 4) is 22.4 Å². The number of rotatable bonds is 4. The van der Waals surface area contributed by atoms with Crippen LogP contribution in [-0.2, 0) is 6.54 Å². The molecule has 3 heteroatoms. The second kappa shape index (κ2) is 6.06. The minimum absolute atomic E-state index is 0.0405. The summed E-state index contributed by atoms with van der Waals surface area (Å²) in [7, 11) is 0. The summed E-state index contributed by atoms with van der Waals surface area (Å²) in [6, 6.07) is 19.9. The molecule has 0 saturated heterocycles. The lowest BCUT2D eigenvalue weighted by Crippen LogP contribution is -2.20. The highest BCUT2D eigenvalue weighted by molar-refractivity contribution is 5.80. The highest BCUT2D eigenvalue weighted by atomic mass is 16.1. The van der Waals surface area contributed by atoms with E-state index in [0.29, 0.717) is 12.5 Å². The molecule has 3 rings (SSSR count). The van der Waals surface area contributed by atoms with Crippen LogP contribution < -0.4 is 5.56 Å². The molecule has 1 aromatic heterocycles. The van der Waals surface area contributed by atoms with Crippen molar-refractivity contribution in [1.29, 1.82) is 0 Å². The summed E-state index contributed by atoms with van der Waals surface area (Å²) in [6.45, 7) is 4.90. The van der Waals surface area contributed by atoms with Crippen molar-refractivity contribution in [3.05, 3.63) is 71.0 Å². The van der Waals surface area contributed by atoms with Gasteiger partial charge in [0.15, 0.2) is 0 Å². The molecule has 0 spiro atoms. The van der Waals surface area contributed by atoms with Crippen molar-refractivity contribution < 1.29 is 0 Å². The van der Waals surface area contributed by atoms with Gasteiger partial charge in [-0.3, -0.25) is 14.6 Å². The smallest absolute Gasteiger partial charge is 0.275 e. The first-order valence-corrected chi connectivity index (χ1v) is 7.60. The van der Waals surface area contributed by atoms with Gasteiger partial charge >= 0.3 is 0 Å². The Morgan fingerprint density at radius 3 is 2.00 bits per heavy atom. The minimum atomic E-state index is 0.0405. The Bertz CT molecular complexity index is 798. The van der Waals surface area contributed by atoms with E-state index in [0.717, 1.165) is 22.4 Å². The number of hydrogen-bond acceptors (Lipinski definition) is 1. The third-order valence-electron chi connectivity index (χ3n) is 3.63. The van der Waals surface area contributed by atoms with Crippen LogP contribution in [0.4, 0.5) is 0 Å². The van der Waals surface area contributed by atoms with Crippen LogP contribution in [0.2, 0.25) is 0 Å². The number of benzene rings is 2. The van der Waals surface area contributed by atoms with Crippen LogP contribution in [0.25, 0.3) is 22.4 Å². The normalized spacial score (nSPS) is 11.0. The Labute approximate surface area is 130 Å². The molecule has 0 unspecified atom stereocenters. The van der Waals surface area contributed by atoms with Gasteiger partial charge in [-0.1, -0.05) is 74.5 Å². The number of aromatic nitrogens is 2. The number of aromatic amines is 1. The quantitative estimate of drug-likeness (QED) is 0.770. The van der Waals surface area contributed by atoms with E-state index in [1.165, 1.54) is 0 Å². The van der Waals surface area contributed by atoms with Crippen molar-refractivity contribution in [1.82, 2.24) is 9.78 Å². The lowest BCUT2D eigenvalue weighted by molar-refractivity contribution is 0.474. The van der Waals surface area contributed by atoms with Crippen molar-refractivity contribution in [3.63, 3.8) is 0 Å². The molecule has 0 aliphatic carbocycles. The molecule has 0 saturated carbocycles. The fraction of sp³-hybridized carbons (Fsp3) is 0.211. The monoisotopic (exact) mass is 292 g/mol. The van der Waals surface area contributed by atoms with Crippen molar-refractivity contribution in [2.45, 2.75) is 20.4 Å². The second-order valence-electron chi connectivity index (χ2n) is 5.90. The van der Waals surface area contributed by atoms with Crippen LogP contribution in [0.1, 0.15) is 13.8 Å². The maximum absolute atomic E-state index is 12.8. The predicted octanol–water partition coefficient (Wildman–Crippen LogP) is 4.17. The molecule has 0 fully saturated rings. The van der Waals surface area contributed by atoms with E-state index in [-0.39, 0.29) is 5.56 Å². The van der Waals surface area contributed by atoms with E-state index in [1.54, 1.807) is 4.68 Å². The Kier molecular flexibility index (Phi) is 3.96. The molecule has 3 aromatic rings. The van der Waals surface area contributed by atoms with Gasteiger partial charge in [-0.05, 0) is 11.5 Å². The molecular formula is C19H20N2O. The van der Waals surface area contributed by atoms with E-state index < -0.39 is 0 Å². The van der Waals surface area contributed by atoms with Gasteiger partial charge in [-0.15, -0.1) is 0 Å². The van der Waals surface area contributed by atoms with E-state index in [9.17, 15) is 4.79 Å². The lowest BCUT2D eigenvalue weighted by Gasteiger charge is -2.04. The average Bonchev–Trinajstić information content (AvgIpc) is 2.85. The molecule has 22 heavy (non-hydrogen) atoms. The molecule has 112 valence electrons. The molecule has 0 aliphatic heterocycles. The van der Waals surface area contributed by atoms with Gasteiger partial charge in [0.05, 0.1) is 11.3 Å². The Hall–Kier alpha value is -2.55. The molecule has 0 aliphatic rings. The zero-order valence-corrected chi connectivity index (χ0v) is 12.9. The molecule has 0 atom stereocenters. The summed E-state index contributed by atoms with van der Waals surface area (Å²) in [5.41, 5.74) is 3.65. The van der Waals surface area contributed by atoms with Crippen LogP contribution in [0, 0.1) is 5.92 Å². The van der Waals surface area contributed by atoms with Crippen molar-refractivity contribution in [2.24, 2.45) is 5.92 Å². The second-order valence-corrected chi connectivity index (χ2v) is 5.90. The molecule has 0 bridgehead atoms. The van der Waals surface area contributed by atoms with Crippen LogP contribution in [0.3, 0.4) is 0 Å². The topological polar surface area (TPSA) is 37.8 Å². The zero-order valence-electron chi connectivity index (χ0n) is 12.9. The first-order chi connectivity index (χ1) is 10.7. The summed E-state index contributed by atoms with van der Waals surface area (Å²) in [5.74, 6) is 0.406. The lowest BCUT2D eigenvalue weighted by atomic mass is 10.0. The standard InChI is InChI=1S/C19H20N2O/c1-14(2)13-21-19(22)17(15-9-5-3-6-10-15)18(20-21)16-11-7-4-8-12-16/h3-12,14,20H,13H2,1-2H3. The average molecular weight is 292 g/mol. The largest absolute Gasteiger partial charge is 0.294 e. The number of nitrogens with one attached hydrogen (secondary N) is 1. The molecule has 1 N–H and O–H groups in total. The first kappa shape index (κ1) is 14.4. The van der Waals surface area contributed by atoms with E-state index in [1.807, 2.05) is 60.7 Å². The first-order valence-electron chi connectivity index (χ1n) is 7.60. The fourth-order valence-electron chi connectivity index (χ4n) is 2.66. The molecular weight excluding hydrogens is 272 g/mol. The highest BCUT2D eigenvalue weighted by Crippen LogP contribution is 2.27. The van der Waals surface area contributed by atoms with Crippen molar-refractivity contribution >= 4 is 0 Å². The maximum atomic E-state index is 12.8. The van der Waals surface area contributed by atoms with Gasteiger partial charge in [-0.2, -0.15) is 0 Å². The third-order valence-corrected chi connectivity index (χ3v) is 3.63. The summed E-state index contributed by atoms with van der Waals surface area (Å²) in [5, 5.41) is 3.30. The van der Waals surface area contributed by atoms with E-state index in [2.05, 4.69) is 18.9 Å². The number of hydrogen-bond donors (Lipinski definition) is 1. The molecule has 3 nitrogen and oxygen atoms in total. The highest BCUT2D eigenvalue weighted by Gasteiger charge is 2.17. The van der Waals surface area contributed by atoms with Crippen LogP contribution in [0.5, 0.6) is 0 Å². The third kappa shape index (κ3) is 2.75. The van der Waals surface area contributed by atoms with Crippen LogP contribution in [-0.4, -0.2) is 9.78 Å². The molecule has 0 amide bonds. The minimum Gasteiger partial charge on any atom is -0.294 e. The Morgan fingerprint density at radius 1 is 0.909 bits per heavy atom. The van der Waals surface area contributed by atoms with E-state index in [4.69, 9.17) is 0 Å². The summed E-state index contributed by atoms with van der Waals surface area (Å²) in [6.07, 6.45) is 0. The van der Waals surface area contributed by atoms with Gasteiger partial charge in [0.1, 0.15) is 0 Å². The van der Waals surface area contributed by atoms with Gasteiger partial charge in [0.2, 0.25) is 0 Å². The predicted molar refractivity (Wildman–Crippen MR) is 90.8 cm³/mol. The Morgan fingerprint density at radius 2 is 1.45 bits per heavy atom. The van der Waals surface area contributed by atoms with Gasteiger partial charge in [-0.25, -0.2) is 0 Å². The number of H-pyrrole nitrogens is 1. The zero-order chi connectivity index (χ0) is 15.5. The van der Waals surface area contributed by atoms with Crippen LogP contribution >= 0.6 is 0 Å². The Balaban J connectivity index is 2.22. The number of nitrogens with zero attached hydrogens (tertiary/aromatic N) is 1. The summed E-state index contributed by atoms with van der Waals surface area (Å²) < 4.78 is 1.72. The van der Waals surface area contributed by atoms with Gasteiger partial charge in [0.25, 0.3) is 5.56 Å². The van der Waals surface area contributed by atoms with E-state index >= 15 is 0 Å². The summed E-state index contributed by atoms with van der Waals surface area (Å²) >= 11 is 0. The SMILES string of the molecule is CC(C)Cn1[nH]c(-c2ccccc2)c(-c2ccccc2)c1=O. The molecule has 0 radical (unpaired) electrons. The molecule has 2 aromatic carbocycles. The molecule has 1 heterocycles. The maximum Gasteiger partial charge on any atom is 0.275 e. The van der Waals surface area contributed by atoms with Crippen LogP contribution in [0.15, 0.2) is 65.5 Å². The van der Waals surface area contributed by atoms with Gasteiger partial charge in [0, 0.05) is 12.1 Å².